The van der Waals surface area contributed by atoms with Crippen molar-refractivity contribution >= 4 is 0 Å². The second-order valence-electron chi connectivity index (χ2n) is 5.42. The molecule has 1 unspecified atom stereocenters. The van der Waals surface area contributed by atoms with E-state index in [0.717, 1.165) is 24.3 Å². The molecule has 0 aliphatic heterocycles. The molecule has 1 atom stereocenters. The summed E-state index contributed by atoms with van der Waals surface area (Å²) >= 11 is 0. The fourth-order valence-corrected chi connectivity index (χ4v) is 2.30. The van der Waals surface area contributed by atoms with Gasteiger partial charge in [-0.1, -0.05) is 13.8 Å². The lowest BCUT2D eigenvalue weighted by molar-refractivity contribution is 0.161. The van der Waals surface area contributed by atoms with Crippen molar-refractivity contribution in [2.24, 2.45) is 11.7 Å². The van der Waals surface area contributed by atoms with E-state index in [1.165, 1.54) is 19.3 Å². The first-order chi connectivity index (χ1) is 8.22. The highest BCUT2D eigenvalue weighted by atomic mass is 16.3. The molecule has 96 valence electrons. The van der Waals surface area contributed by atoms with Crippen molar-refractivity contribution in [2.75, 3.05) is 13.1 Å². The second kappa shape index (κ2) is 5.69. The van der Waals surface area contributed by atoms with E-state index in [9.17, 15) is 0 Å². The Balaban J connectivity index is 2.02. The Hall–Kier alpha value is -0.800. The molecule has 3 heteroatoms. The van der Waals surface area contributed by atoms with Crippen molar-refractivity contribution in [3.8, 4) is 0 Å². The summed E-state index contributed by atoms with van der Waals surface area (Å²) in [6, 6.07) is 4.98. The van der Waals surface area contributed by atoms with Gasteiger partial charge in [0.05, 0.1) is 12.3 Å². The summed E-state index contributed by atoms with van der Waals surface area (Å²) in [4.78, 5) is 2.54. The minimum Gasteiger partial charge on any atom is -0.468 e. The monoisotopic (exact) mass is 236 g/mol. The van der Waals surface area contributed by atoms with Crippen LogP contribution in [0.2, 0.25) is 0 Å². The van der Waals surface area contributed by atoms with Gasteiger partial charge in [0.25, 0.3) is 0 Å². The predicted molar refractivity (Wildman–Crippen MR) is 69.7 cm³/mol. The summed E-state index contributed by atoms with van der Waals surface area (Å²) < 4.78 is 5.53. The Morgan fingerprint density at radius 1 is 1.47 bits per heavy atom. The molecule has 2 N–H and O–H groups in total. The smallest absolute Gasteiger partial charge is 0.122 e. The fraction of sp³-hybridized carbons (Fsp3) is 0.714. The first-order valence-corrected chi connectivity index (χ1v) is 6.71. The van der Waals surface area contributed by atoms with Gasteiger partial charge < -0.3 is 10.2 Å². The molecule has 0 bridgehead atoms. The molecule has 1 saturated carbocycles. The molecular weight excluding hydrogens is 212 g/mol. The highest BCUT2D eigenvalue weighted by molar-refractivity contribution is 5.07. The molecule has 2 rings (SSSR count). The maximum Gasteiger partial charge on any atom is 0.122 e. The third-order valence-corrected chi connectivity index (χ3v) is 3.48. The van der Waals surface area contributed by atoms with Crippen LogP contribution in [0.4, 0.5) is 0 Å². The molecule has 17 heavy (non-hydrogen) atoms. The SMILES string of the molecule is CC(C)CCN(C1CC1)C(CN)c1ccco1. The summed E-state index contributed by atoms with van der Waals surface area (Å²) in [5.74, 6) is 1.76. The Kier molecular flexibility index (Phi) is 4.24. The normalized spacial score (nSPS) is 17.9. The van der Waals surface area contributed by atoms with Crippen LogP contribution >= 0.6 is 0 Å². The Morgan fingerprint density at radius 2 is 2.24 bits per heavy atom. The van der Waals surface area contributed by atoms with Gasteiger partial charge in [0, 0.05) is 12.6 Å². The van der Waals surface area contributed by atoms with Gasteiger partial charge in [-0.3, -0.25) is 4.90 Å². The lowest BCUT2D eigenvalue weighted by Gasteiger charge is -2.30. The van der Waals surface area contributed by atoms with E-state index in [4.69, 9.17) is 10.2 Å². The van der Waals surface area contributed by atoms with Crippen molar-refractivity contribution in [1.29, 1.82) is 0 Å². The first-order valence-electron chi connectivity index (χ1n) is 6.71. The highest BCUT2D eigenvalue weighted by Crippen LogP contribution is 2.34. The molecule has 1 aliphatic rings. The van der Waals surface area contributed by atoms with Gasteiger partial charge in [0.15, 0.2) is 0 Å². The third kappa shape index (κ3) is 3.33. The van der Waals surface area contributed by atoms with E-state index in [1.807, 2.05) is 12.1 Å². The summed E-state index contributed by atoms with van der Waals surface area (Å²) in [6.45, 7) is 6.32. The number of hydrogen-bond donors (Lipinski definition) is 1. The Morgan fingerprint density at radius 3 is 2.71 bits per heavy atom. The van der Waals surface area contributed by atoms with Crippen molar-refractivity contribution in [3.05, 3.63) is 24.2 Å². The van der Waals surface area contributed by atoms with Crippen LogP contribution in [0, 0.1) is 5.92 Å². The van der Waals surface area contributed by atoms with E-state index in [1.54, 1.807) is 6.26 Å². The molecule has 0 spiro atoms. The van der Waals surface area contributed by atoms with Gasteiger partial charge in [-0.25, -0.2) is 0 Å². The highest BCUT2D eigenvalue weighted by Gasteiger charge is 2.34. The van der Waals surface area contributed by atoms with Crippen LogP contribution < -0.4 is 5.73 Å². The number of rotatable bonds is 7. The van der Waals surface area contributed by atoms with Crippen molar-refractivity contribution in [1.82, 2.24) is 4.90 Å². The van der Waals surface area contributed by atoms with Gasteiger partial charge in [-0.05, 0) is 43.9 Å². The zero-order valence-electron chi connectivity index (χ0n) is 10.9. The van der Waals surface area contributed by atoms with Crippen molar-refractivity contribution in [3.63, 3.8) is 0 Å². The Bertz CT molecular complexity index is 317. The van der Waals surface area contributed by atoms with E-state index < -0.39 is 0 Å². The van der Waals surface area contributed by atoms with Gasteiger partial charge in [-0.15, -0.1) is 0 Å². The maximum absolute atomic E-state index is 5.94. The molecule has 1 fully saturated rings. The van der Waals surface area contributed by atoms with Crippen LogP contribution in [0.5, 0.6) is 0 Å². The van der Waals surface area contributed by atoms with Gasteiger partial charge in [-0.2, -0.15) is 0 Å². The standard InChI is InChI=1S/C14H24N2O/c1-11(2)7-8-16(12-5-6-12)13(10-15)14-4-3-9-17-14/h3-4,9,11-13H,5-8,10,15H2,1-2H3. The lowest BCUT2D eigenvalue weighted by atomic mass is 10.1. The van der Waals surface area contributed by atoms with Gasteiger partial charge >= 0.3 is 0 Å². The lowest BCUT2D eigenvalue weighted by Crippen LogP contribution is -2.36. The molecule has 0 aromatic carbocycles. The van der Waals surface area contributed by atoms with Crippen LogP contribution in [0.15, 0.2) is 22.8 Å². The number of furan rings is 1. The Labute approximate surface area is 104 Å². The van der Waals surface area contributed by atoms with E-state index in [-0.39, 0.29) is 6.04 Å². The molecule has 1 aliphatic carbocycles. The van der Waals surface area contributed by atoms with Crippen molar-refractivity contribution < 1.29 is 4.42 Å². The predicted octanol–water partition coefficient (Wildman–Crippen LogP) is 2.79. The minimum absolute atomic E-state index is 0.260. The van der Waals surface area contributed by atoms with Crippen LogP contribution in [0.3, 0.4) is 0 Å². The number of nitrogens with zero attached hydrogens (tertiary/aromatic N) is 1. The summed E-state index contributed by atoms with van der Waals surface area (Å²) in [6.07, 6.45) is 5.60. The first kappa shape index (κ1) is 12.7. The van der Waals surface area contributed by atoms with E-state index >= 15 is 0 Å². The average molecular weight is 236 g/mol. The third-order valence-electron chi connectivity index (χ3n) is 3.48. The van der Waals surface area contributed by atoms with Gasteiger partial charge in [0.1, 0.15) is 5.76 Å². The van der Waals surface area contributed by atoms with Crippen molar-refractivity contribution in [2.45, 2.75) is 45.2 Å². The molecule has 1 aromatic heterocycles. The molecule has 0 amide bonds. The summed E-state index contributed by atoms with van der Waals surface area (Å²) in [5, 5.41) is 0. The average Bonchev–Trinajstić information content (AvgIpc) is 3.00. The quantitative estimate of drug-likeness (QED) is 0.791. The number of nitrogens with two attached hydrogens (primary N) is 1. The summed E-state index contributed by atoms with van der Waals surface area (Å²) in [7, 11) is 0. The second-order valence-corrected chi connectivity index (χ2v) is 5.42. The molecule has 3 nitrogen and oxygen atoms in total. The van der Waals surface area contributed by atoms with Crippen LogP contribution in [0.1, 0.15) is 44.9 Å². The minimum atomic E-state index is 0.260. The fourth-order valence-electron chi connectivity index (χ4n) is 2.30. The largest absolute Gasteiger partial charge is 0.468 e. The number of hydrogen-bond acceptors (Lipinski definition) is 3. The molecule has 0 saturated heterocycles. The molecule has 1 aromatic rings. The zero-order chi connectivity index (χ0) is 12.3. The van der Waals surface area contributed by atoms with Crippen LogP contribution in [-0.2, 0) is 0 Å². The maximum atomic E-state index is 5.94. The topological polar surface area (TPSA) is 42.4 Å². The zero-order valence-corrected chi connectivity index (χ0v) is 10.9. The van der Waals surface area contributed by atoms with Crippen LogP contribution in [-0.4, -0.2) is 24.0 Å². The van der Waals surface area contributed by atoms with Crippen LogP contribution in [0.25, 0.3) is 0 Å². The molecule has 1 heterocycles. The van der Waals surface area contributed by atoms with E-state index in [2.05, 4.69) is 18.7 Å². The van der Waals surface area contributed by atoms with Gasteiger partial charge in [0.2, 0.25) is 0 Å². The molecule has 0 radical (unpaired) electrons. The van der Waals surface area contributed by atoms with E-state index in [0.29, 0.717) is 6.54 Å². The molecular formula is C14H24N2O. The summed E-state index contributed by atoms with van der Waals surface area (Å²) in [5.41, 5.74) is 5.94.